The van der Waals surface area contributed by atoms with Crippen LogP contribution in [0.4, 0.5) is 11.5 Å². The number of hydrogen-bond donors (Lipinski definition) is 11. The summed E-state index contributed by atoms with van der Waals surface area (Å²) in [7, 11) is -9.09. The lowest BCUT2D eigenvalue weighted by molar-refractivity contribution is -0.138. The fourth-order valence-corrected chi connectivity index (χ4v) is 13.4. The SMILES string of the molecule is CN(C)c1ccc2c(-c3cc(C(=O)NCCN4C(=O)CC(SCCNC(=O)CCNC(=O)[C@H](O)C(C)(C)COP(=O)(O)OP(=O)(O)OC[C@@H]5O[C@H](n6cnc7c(N)ncnc76)[C@@H](O)[C@H]5OP(=O)(O)O)C4=O)ccc3C(=O)O)c3ccc(=[N+](C)C)cc-3oc2c1. The minimum absolute atomic E-state index is 0.00658. The first-order valence-electron chi connectivity index (χ1n) is 26.9. The van der Waals surface area contributed by atoms with E-state index in [1.54, 1.807) is 0 Å². The number of carbonyl (C=O) groups excluding carboxylic acids is 5. The number of benzene rings is 3. The lowest BCUT2D eigenvalue weighted by atomic mass is 9.87. The van der Waals surface area contributed by atoms with Crippen molar-refractivity contribution >= 4 is 104 Å². The number of anilines is 2. The predicted octanol–water partition coefficient (Wildman–Crippen LogP) is 1.01. The molecule has 37 heteroatoms. The number of hydrogen-bond acceptors (Lipinski definition) is 23. The number of aromatic nitrogens is 4. The van der Waals surface area contributed by atoms with Crippen molar-refractivity contribution in [3.63, 3.8) is 0 Å². The molecule has 89 heavy (non-hydrogen) atoms. The van der Waals surface area contributed by atoms with Crippen molar-refractivity contribution in [2.75, 3.05) is 84.0 Å². The number of nitrogens with two attached hydrogens (primary N) is 1. The molecule has 0 bridgehead atoms. The fraction of sp³-hybridized carbons (Fsp3) is 0.423. The van der Waals surface area contributed by atoms with E-state index in [1.807, 2.05) is 74.1 Å². The highest BCUT2D eigenvalue weighted by Gasteiger charge is 2.50. The summed E-state index contributed by atoms with van der Waals surface area (Å²) >= 11 is 1.12. The summed E-state index contributed by atoms with van der Waals surface area (Å²) in [6.07, 6.45) is -7.44. The van der Waals surface area contributed by atoms with Gasteiger partial charge in [-0.1, -0.05) is 13.8 Å². The highest BCUT2D eigenvalue weighted by Crippen LogP contribution is 2.61. The Bertz CT molecular complexity index is 3910. The number of ether oxygens (including phenoxy) is 1. The van der Waals surface area contributed by atoms with Crippen LogP contribution < -0.4 is 36.5 Å². The van der Waals surface area contributed by atoms with Gasteiger partial charge in [-0.2, -0.15) is 4.31 Å². The highest BCUT2D eigenvalue weighted by atomic mass is 32.2. The molecular formula is C52H65N11O22P3S+. The molecule has 2 fully saturated rings. The quantitative estimate of drug-likeness (QED) is 0.0113. The van der Waals surface area contributed by atoms with Crippen LogP contribution in [0.3, 0.4) is 0 Å². The molecule has 1 aliphatic carbocycles. The third-order valence-electron chi connectivity index (χ3n) is 14.1. The second kappa shape index (κ2) is 27.6. The zero-order valence-corrected chi connectivity index (χ0v) is 51.9. The lowest BCUT2D eigenvalue weighted by Gasteiger charge is -2.30. The van der Waals surface area contributed by atoms with Gasteiger partial charge in [0.2, 0.25) is 29.0 Å². The van der Waals surface area contributed by atoms with Gasteiger partial charge in [0, 0.05) is 104 Å². The summed E-state index contributed by atoms with van der Waals surface area (Å²) in [5.41, 5.74) is 6.97. The Morgan fingerprint density at radius 1 is 0.921 bits per heavy atom. The number of nitrogens with one attached hydrogen (secondary N) is 3. The maximum atomic E-state index is 13.7. The molecule has 12 N–H and O–H groups in total. The Kier molecular flexibility index (Phi) is 21.0. The molecule has 8 rings (SSSR count). The molecule has 3 unspecified atom stereocenters. The Hall–Kier alpha value is -7.10. The fourth-order valence-electron chi connectivity index (χ4n) is 9.53. The maximum absolute atomic E-state index is 13.7. The second-order valence-electron chi connectivity index (χ2n) is 21.5. The number of amides is 5. The van der Waals surface area contributed by atoms with Crippen molar-refractivity contribution in [1.29, 1.82) is 0 Å². The van der Waals surface area contributed by atoms with Gasteiger partial charge in [-0.05, 0) is 42.0 Å². The number of thioether (sulfide) groups is 1. The Balaban J connectivity index is 0.755. The number of carboxylic acids is 1. The van der Waals surface area contributed by atoms with Gasteiger partial charge in [-0.25, -0.2) is 38.0 Å². The smallest absolute Gasteiger partial charge is 0.478 e. The number of imide groups is 1. The van der Waals surface area contributed by atoms with Gasteiger partial charge in [-0.15, -0.1) is 11.8 Å². The van der Waals surface area contributed by atoms with Gasteiger partial charge >= 0.3 is 29.4 Å². The van der Waals surface area contributed by atoms with Crippen LogP contribution in [-0.4, -0.2) is 198 Å². The number of aliphatic hydroxyl groups is 2. The minimum atomic E-state index is -5.64. The van der Waals surface area contributed by atoms with Gasteiger partial charge in [0.1, 0.15) is 61.7 Å². The van der Waals surface area contributed by atoms with Crippen molar-refractivity contribution in [1.82, 2.24) is 44.9 Å². The summed E-state index contributed by atoms with van der Waals surface area (Å²) in [5.74, 6) is -3.74. The van der Waals surface area contributed by atoms with E-state index in [-0.39, 0.29) is 78.4 Å². The molecule has 0 saturated carbocycles. The molecule has 5 heterocycles. The first-order valence-corrected chi connectivity index (χ1v) is 32.5. The molecule has 5 amide bonds. The number of phosphoric acid groups is 3. The van der Waals surface area contributed by atoms with Crippen LogP contribution in [0.5, 0.6) is 0 Å². The van der Waals surface area contributed by atoms with Crippen LogP contribution in [0.25, 0.3) is 44.6 Å². The van der Waals surface area contributed by atoms with Crippen LogP contribution in [0.2, 0.25) is 0 Å². The molecular weight excluding hydrogens is 1260 g/mol. The molecule has 4 aliphatic rings. The van der Waals surface area contributed by atoms with Crippen LogP contribution in [-0.2, 0) is 55.5 Å². The normalized spacial score (nSPS) is 19.7. The van der Waals surface area contributed by atoms with Crippen molar-refractivity contribution in [2.24, 2.45) is 5.41 Å². The summed E-state index contributed by atoms with van der Waals surface area (Å²) in [4.78, 5) is 133. The maximum Gasteiger partial charge on any atom is 0.481 e. The number of aliphatic hydroxyl groups excluding tert-OH is 2. The zero-order chi connectivity index (χ0) is 65.1. The molecule has 480 valence electrons. The number of nitrogen functional groups attached to an aromatic ring is 1. The summed E-state index contributed by atoms with van der Waals surface area (Å²) in [6.45, 7) is -0.211. The molecule has 3 aliphatic heterocycles. The number of carbonyl (C=O) groups is 6. The van der Waals surface area contributed by atoms with E-state index in [4.69, 9.17) is 23.9 Å². The first kappa shape index (κ1) is 67.8. The highest BCUT2D eigenvalue weighted by molar-refractivity contribution is 8.00. The average molecular weight is 1320 g/mol. The topological polar surface area (TPSA) is 470 Å². The molecule has 2 aromatic carbocycles. The minimum Gasteiger partial charge on any atom is -0.478 e. The molecule has 2 saturated heterocycles. The van der Waals surface area contributed by atoms with E-state index >= 15 is 0 Å². The van der Waals surface area contributed by atoms with Gasteiger partial charge in [0.05, 0.1) is 36.4 Å². The van der Waals surface area contributed by atoms with Crippen LogP contribution in [0.15, 0.2) is 71.7 Å². The number of phosphoric ester groups is 3. The average Bonchev–Trinajstić information content (AvgIpc) is 1.89. The van der Waals surface area contributed by atoms with Gasteiger partial charge in [-0.3, -0.25) is 47.0 Å². The number of likely N-dealkylation sites (tertiary alicyclic amines) is 1. The molecule has 33 nitrogen and oxygen atoms in total. The third kappa shape index (κ3) is 16.3. The zero-order valence-electron chi connectivity index (χ0n) is 48.4. The van der Waals surface area contributed by atoms with E-state index in [2.05, 4.69) is 39.7 Å². The van der Waals surface area contributed by atoms with E-state index in [1.165, 1.54) is 32.0 Å². The van der Waals surface area contributed by atoms with Crippen molar-refractivity contribution in [2.45, 2.75) is 62.6 Å². The van der Waals surface area contributed by atoms with E-state index in [0.29, 0.717) is 27.9 Å². The number of carboxylic acid groups (broad SMARTS) is 1. The van der Waals surface area contributed by atoms with Crippen LogP contribution in [0, 0.1) is 5.41 Å². The molecule has 4 aromatic rings. The lowest BCUT2D eigenvalue weighted by Crippen LogP contribution is -2.46. The predicted molar refractivity (Wildman–Crippen MR) is 316 cm³/mol. The number of fused-ring (bicyclic) bond motifs is 3. The van der Waals surface area contributed by atoms with Gasteiger partial charge < -0.3 is 70.6 Å². The Morgan fingerprint density at radius 3 is 2.35 bits per heavy atom. The first-order chi connectivity index (χ1) is 41.7. The van der Waals surface area contributed by atoms with Crippen molar-refractivity contribution in [3.05, 3.63) is 83.7 Å². The van der Waals surface area contributed by atoms with Gasteiger partial charge in [0.15, 0.2) is 17.7 Å². The van der Waals surface area contributed by atoms with Crippen LogP contribution >= 0.6 is 35.2 Å². The van der Waals surface area contributed by atoms with Crippen molar-refractivity contribution < 1.29 is 104 Å². The number of aromatic carboxylic acids is 1. The standard InChI is InChI=1S/C52H64N11O22P3S/c1-52(2,24-81-88(78,79)85-87(76,77)80-23-36-43(84-86(73,74)75)42(66)50(83-36)63-26-59-41-45(53)57-25-58-46(41)63)44(67)48(69)55-14-13-38(64)54-16-18-89-37-22-39(65)62(49(37)70)17-15-56-47(68)27-7-10-30(51(71)72)33(19-27)40-31-11-8-28(60(3)4)20-34(31)82-35-21-29(61(5)6)9-12-32(35)40/h7-12,19-21,25-26,36-37,42-44,50,66-67H,13-18,22-24H2,1-6H3,(H9-,53,54,55,56,57,58,64,68,69,71,72,73,74,75,76,77,78,79)/p+1/t36-,37?,42-,43-,44-,50-/m0/s1. The summed E-state index contributed by atoms with van der Waals surface area (Å²) in [6, 6.07) is 15.3. The van der Waals surface area contributed by atoms with E-state index < -0.39 is 113 Å². The summed E-state index contributed by atoms with van der Waals surface area (Å²) in [5, 5.41) is 40.5. The molecule has 0 radical (unpaired) electrons. The molecule has 0 spiro atoms. The third-order valence-corrected chi connectivity index (χ3v) is 18.5. The largest absolute Gasteiger partial charge is 0.481 e. The number of rotatable bonds is 27. The number of imidazole rings is 1. The second-order valence-corrected chi connectivity index (χ2v) is 27.0. The molecule has 2 aromatic heterocycles. The Labute approximate surface area is 510 Å². The van der Waals surface area contributed by atoms with E-state index in [0.717, 1.165) is 44.9 Å². The Morgan fingerprint density at radius 2 is 1.65 bits per heavy atom. The van der Waals surface area contributed by atoms with E-state index in [9.17, 15) is 77.4 Å². The number of nitrogens with zero attached hydrogens (tertiary/aromatic N) is 7. The van der Waals surface area contributed by atoms with Crippen LogP contribution in [0.1, 0.15) is 53.6 Å². The van der Waals surface area contributed by atoms with Crippen molar-refractivity contribution in [3.8, 4) is 22.5 Å². The molecule has 8 atom stereocenters. The summed E-state index contributed by atoms with van der Waals surface area (Å²) < 4.78 is 71.1. The monoisotopic (exact) mass is 1320 g/mol. The van der Waals surface area contributed by atoms with Gasteiger partial charge in [0.25, 0.3) is 5.91 Å².